The Hall–Kier alpha value is -1.11. The molecule has 1 amide bonds. The van der Waals surface area contributed by atoms with E-state index in [4.69, 9.17) is 9.26 Å². The van der Waals surface area contributed by atoms with Crippen molar-refractivity contribution in [2.75, 3.05) is 33.4 Å². The molecule has 0 aromatic carbocycles. The molecule has 2 N–H and O–H groups in total. The van der Waals surface area contributed by atoms with Gasteiger partial charge in [-0.05, 0) is 39.3 Å². The number of carbonyl (C=O) groups excluding carboxylic acids is 1. The largest absolute Gasteiger partial charge is 0.384 e. The number of halogens is 1. The van der Waals surface area contributed by atoms with Crippen LogP contribution in [0.15, 0.2) is 4.52 Å². The number of nitrogens with one attached hydrogen (secondary N) is 2. The number of methoxy groups -OCH3 is 1. The molecule has 0 saturated carbocycles. The van der Waals surface area contributed by atoms with E-state index in [0.29, 0.717) is 30.9 Å². The molecule has 22 heavy (non-hydrogen) atoms. The SMILES string of the molecule is CCc1noc(C)c1C(=O)NCC1(COC)CCNCC1.Cl. The number of aromatic nitrogens is 1. The summed E-state index contributed by atoms with van der Waals surface area (Å²) in [5.41, 5.74) is 1.32. The van der Waals surface area contributed by atoms with Gasteiger partial charge in [0.1, 0.15) is 11.3 Å². The molecule has 126 valence electrons. The Kier molecular flexibility index (Phi) is 7.32. The number of nitrogens with zero attached hydrogens (tertiary/aromatic N) is 1. The van der Waals surface area contributed by atoms with Gasteiger partial charge in [-0.15, -0.1) is 12.4 Å². The predicted molar refractivity (Wildman–Crippen MR) is 86.6 cm³/mol. The summed E-state index contributed by atoms with van der Waals surface area (Å²) in [4.78, 5) is 12.4. The Labute approximate surface area is 137 Å². The Morgan fingerprint density at radius 3 is 2.73 bits per heavy atom. The van der Waals surface area contributed by atoms with Crippen molar-refractivity contribution in [3.8, 4) is 0 Å². The Balaban J connectivity index is 0.00000242. The van der Waals surface area contributed by atoms with Crippen LogP contribution in [0, 0.1) is 12.3 Å². The molecule has 1 aliphatic rings. The standard InChI is InChI=1S/C15H25N3O3.ClH/c1-4-12-13(11(2)21-18-12)14(19)17-9-15(10-20-3)5-7-16-8-6-15;/h16H,4-10H2,1-3H3,(H,17,19);1H. The summed E-state index contributed by atoms with van der Waals surface area (Å²) in [6.45, 7) is 6.95. The van der Waals surface area contributed by atoms with Gasteiger partial charge in [0, 0.05) is 19.1 Å². The number of hydrogen-bond donors (Lipinski definition) is 2. The fraction of sp³-hybridized carbons (Fsp3) is 0.733. The molecule has 0 aliphatic carbocycles. The third-order valence-electron chi connectivity index (χ3n) is 4.23. The Morgan fingerprint density at radius 1 is 1.45 bits per heavy atom. The third kappa shape index (κ3) is 4.21. The highest BCUT2D eigenvalue weighted by molar-refractivity contribution is 5.96. The normalized spacial score (nSPS) is 16.9. The number of carbonyl (C=O) groups is 1. The zero-order valence-electron chi connectivity index (χ0n) is 13.5. The zero-order chi connectivity index (χ0) is 15.3. The fourth-order valence-corrected chi connectivity index (χ4v) is 2.94. The lowest BCUT2D eigenvalue weighted by atomic mass is 9.79. The number of rotatable bonds is 6. The van der Waals surface area contributed by atoms with Crippen LogP contribution in [0.3, 0.4) is 0 Å². The maximum atomic E-state index is 12.4. The molecular weight excluding hydrogens is 306 g/mol. The maximum Gasteiger partial charge on any atom is 0.256 e. The predicted octanol–water partition coefficient (Wildman–Crippen LogP) is 1.71. The van der Waals surface area contributed by atoms with Crippen molar-refractivity contribution in [1.82, 2.24) is 15.8 Å². The molecular formula is C15H26ClN3O3. The van der Waals surface area contributed by atoms with E-state index in [2.05, 4.69) is 15.8 Å². The summed E-state index contributed by atoms with van der Waals surface area (Å²) >= 11 is 0. The molecule has 1 aromatic rings. The average Bonchev–Trinajstić information content (AvgIpc) is 2.87. The summed E-state index contributed by atoms with van der Waals surface area (Å²) in [7, 11) is 1.71. The van der Waals surface area contributed by atoms with Crippen molar-refractivity contribution in [2.45, 2.75) is 33.1 Å². The minimum absolute atomic E-state index is 0. The van der Waals surface area contributed by atoms with Crippen LogP contribution in [-0.2, 0) is 11.2 Å². The number of amides is 1. The van der Waals surface area contributed by atoms with E-state index in [1.807, 2.05) is 6.92 Å². The molecule has 0 atom stereocenters. The van der Waals surface area contributed by atoms with E-state index in [0.717, 1.165) is 31.6 Å². The lowest BCUT2D eigenvalue weighted by Gasteiger charge is -2.37. The van der Waals surface area contributed by atoms with Gasteiger partial charge in [-0.2, -0.15) is 0 Å². The second-order valence-corrected chi connectivity index (χ2v) is 5.78. The molecule has 0 unspecified atom stereocenters. The molecule has 1 fully saturated rings. The van der Waals surface area contributed by atoms with E-state index >= 15 is 0 Å². The quantitative estimate of drug-likeness (QED) is 0.830. The summed E-state index contributed by atoms with van der Waals surface area (Å²) in [6.07, 6.45) is 2.70. The summed E-state index contributed by atoms with van der Waals surface area (Å²) in [6, 6.07) is 0. The molecule has 2 heterocycles. The van der Waals surface area contributed by atoms with Crippen LogP contribution in [0.2, 0.25) is 0 Å². The van der Waals surface area contributed by atoms with Gasteiger partial charge in [0.25, 0.3) is 5.91 Å². The second kappa shape index (κ2) is 8.50. The van der Waals surface area contributed by atoms with Gasteiger partial charge in [0.2, 0.25) is 0 Å². The van der Waals surface area contributed by atoms with Gasteiger partial charge in [0.05, 0.1) is 12.3 Å². The van der Waals surface area contributed by atoms with Crippen LogP contribution < -0.4 is 10.6 Å². The molecule has 0 bridgehead atoms. The average molecular weight is 332 g/mol. The first-order valence-electron chi connectivity index (χ1n) is 7.55. The lowest BCUT2D eigenvalue weighted by Crippen LogP contribution is -2.47. The molecule has 1 aliphatic heterocycles. The minimum Gasteiger partial charge on any atom is -0.384 e. The number of ether oxygens (including phenoxy) is 1. The van der Waals surface area contributed by atoms with Crippen molar-refractivity contribution in [3.05, 3.63) is 17.0 Å². The first kappa shape index (κ1) is 18.9. The first-order chi connectivity index (χ1) is 10.1. The zero-order valence-corrected chi connectivity index (χ0v) is 14.3. The van der Waals surface area contributed by atoms with E-state index in [1.165, 1.54) is 0 Å². The van der Waals surface area contributed by atoms with Crippen molar-refractivity contribution >= 4 is 18.3 Å². The number of hydrogen-bond acceptors (Lipinski definition) is 5. The monoisotopic (exact) mass is 331 g/mol. The number of aryl methyl sites for hydroxylation is 2. The van der Waals surface area contributed by atoms with Crippen molar-refractivity contribution in [1.29, 1.82) is 0 Å². The van der Waals surface area contributed by atoms with Crippen molar-refractivity contribution in [2.24, 2.45) is 5.41 Å². The molecule has 1 saturated heterocycles. The van der Waals surface area contributed by atoms with Crippen LogP contribution in [0.4, 0.5) is 0 Å². The van der Waals surface area contributed by atoms with Crippen molar-refractivity contribution in [3.63, 3.8) is 0 Å². The third-order valence-corrected chi connectivity index (χ3v) is 4.23. The first-order valence-corrected chi connectivity index (χ1v) is 7.55. The van der Waals surface area contributed by atoms with Crippen molar-refractivity contribution < 1.29 is 14.1 Å². The van der Waals surface area contributed by atoms with Gasteiger partial charge >= 0.3 is 0 Å². The van der Waals surface area contributed by atoms with Gasteiger partial charge in [-0.3, -0.25) is 4.79 Å². The highest BCUT2D eigenvalue weighted by Crippen LogP contribution is 2.28. The Morgan fingerprint density at radius 2 is 2.14 bits per heavy atom. The Bertz CT molecular complexity index is 479. The topological polar surface area (TPSA) is 76.4 Å². The highest BCUT2D eigenvalue weighted by Gasteiger charge is 2.33. The lowest BCUT2D eigenvalue weighted by molar-refractivity contribution is 0.0511. The minimum atomic E-state index is -0.0976. The maximum absolute atomic E-state index is 12.4. The van der Waals surface area contributed by atoms with Crippen LogP contribution >= 0.6 is 12.4 Å². The highest BCUT2D eigenvalue weighted by atomic mass is 35.5. The summed E-state index contributed by atoms with van der Waals surface area (Å²) in [5, 5.41) is 10.3. The fourth-order valence-electron chi connectivity index (χ4n) is 2.94. The van der Waals surface area contributed by atoms with Crippen LogP contribution in [-0.4, -0.2) is 44.4 Å². The second-order valence-electron chi connectivity index (χ2n) is 5.78. The summed E-state index contributed by atoms with van der Waals surface area (Å²) in [5.74, 6) is 0.482. The van der Waals surface area contributed by atoms with Gasteiger partial charge in [-0.1, -0.05) is 12.1 Å². The molecule has 2 rings (SSSR count). The molecule has 0 spiro atoms. The molecule has 0 radical (unpaired) electrons. The van der Waals surface area contributed by atoms with E-state index in [-0.39, 0.29) is 23.7 Å². The van der Waals surface area contributed by atoms with Crippen LogP contribution in [0.25, 0.3) is 0 Å². The van der Waals surface area contributed by atoms with Crippen LogP contribution in [0.1, 0.15) is 41.6 Å². The molecule has 6 nitrogen and oxygen atoms in total. The van der Waals surface area contributed by atoms with E-state index in [9.17, 15) is 4.79 Å². The number of piperidine rings is 1. The van der Waals surface area contributed by atoms with Gasteiger partial charge in [-0.25, -0.2) is 0 Å². The smallest absolute Gasteiger partial charge is 0.256 e. The van der Waals surface area contributed by atoms with E-state index < -0.39 is 0 Å². The van der Waals surface area contributed by atoms with E-state index in [1.54, 1.807) is 14.0 Å². The van der Waals surface area contributed by atoms with Gasteiger partial charge in [0.15, 0.2) is 0 Å². The van der Waals surface area contributed by atoms with Gasteiger partial charge < -0.3 is 19.9 Å². The molecule has 1 aromatic heterocycles. The van der Waals surface area contributed by atoms with Crippen LogP contribution in [0.5, 0.6) is 0 Å². The summed E-state index contributed by atoms with van der Waals surface area (Å²) < 4.78 is 10.5. The molecule has 7 heteroatoms.